The molecule has 1 atom stereocenters. The van der Waals surface area contributed by atoms with Crippen molar-refractivity contribution in [3.8, 4) is 0 Å². The molecule has 1 heterocycles. The van der Waals surface area contributed by atoms with E-state index in [0.717, 1.165) is 24.9 Å². The fourth-order valence-electron chi connectivity index (χ4n) is 2.90. The maximum Gasteiger partial charge on any atom is 0.410 e. The fourth-order valence-corrected chi connectivity index (χ4v) is 2.90. The number of rotatable bonds is 6. The molecule has 0 fully saturated rings. The molecule has 0 spiro atoms. The zero-order valence-corrected chi connectivity index (χ0v) is 15.6. The summed E-state index contributed by atoms with van der Waals surface area (Å²) < 4.78 is 5.53. The predicted octanol–water partition coefficient (Wildman–Crippen LogP) is 5.31. The highest BCUT2D eigenvalue weighted by molar-refractivity contribution is 5.83. The molecule has 0 aliphatic rings. The van der Waals surface area contributed by atoms with E-state index in [1.807, 2.05) is 31.7 Å². The summed E-state index contributed by atoms with van der Waals surface area (Å²) in [6, 6.07) is 8.35. The van der Waals surface area contributed by atoms with Crippen LogP contribution in [0.5, 0.6) is 0 Å². The van der Waals surface area contributed by atoms with E-state index in [2.05, 4.69) is 43.2 Å². The topological polar surface area (TPSA) is 45.3 Å². The molecule has 1 aromatic heterocycles. The number of ether oxygens (including phenoxy) is 1. The van der Waals surface area contributed by atoms with Crippen molar-refractivity contribution >= 4 is 17.0 Å². The lowest BCUT2D eigenvalue weighted by molar-refractivity contribution is 0.0245. The zero-order chi connectivity index (χ0) is 17.7. The minimum absolute atomic E-state index is 0.213. The van der Waals surface area contributed by atoms with Crippen LogP contribution in [0.2, 0.25) is 0 Å². The zero-order valence-electron chi connectivity index (χ0n) is 15.6. The Morgan fingerprint density at radius 1 is 1.25 bits per heavy atom. The smallest absolute Gasteiger partial charge is 0.410 e. The number of H-pyrrole nitrogens is 1. The van der Waals surface area contributed by atoms with Gasteiger partial charge in [0.2, 0.25) is 0 Å². The molecular weight excluding hydrogens is 300 g/mol. The number of aromatic amines is 1. The van der Waals surface area contributed by atoms with Gasteiger partial charge in [0.25, 0.3) is 0 Å². The van der Waals surface area contributed by atoms with Crippen LogP contribution in [0.25, 0.3) is 10.9 Å². The molecule has 132 valence electrons. The molecule has 0 bridgehead atoms. The minimum Gasteiger partial charge on any atom is -0.444 e. The van der Waals surface area contributed by atoms with E-state index in [1.54, 1.807) is 0 Å². The summed E-state index contributed by atoms with van der Waals surface area (Å²) in [7, 11) is 0. The lowest BCUT2D eigenvalue weighted by Gasteiger charge is -2.28. The van der Waals surface area contributed by atoms with Crippen molar-refractivity contribution in [3.05, 3.63) is 36.0 Å². The molecule has 0 radical (unpaired) electrons. The van der Waals surface area contributed by atoms with Gasteiger partial charge >= 0.3 is 6.09 Å². The predicted molar refractivity (Wildman–Crippen MR) is 99.4 cm³/mol. The number of carbonyl (C=O) groups is 1. The van der Waals surface area contributed by atoms with Crippen LogP contribution in [0.3, 0.4) is 0 Å². The summed E-state index contributed by atoms with van der Waals surface area (Å²) in [5.41, 5.74) is 2.02. The number of hydrogen-bond acceptors (Lipinski definition) is 2. The van der Waals surface area contributed by atoms with Crippen LogP contribution in [0.1, 0.15) is 58.9 Å². The first-order chi connectivity index (χ1) is 11.3. The van der Waals surface area contributed by atoms with Crippen molar-refractivity contribution < 1.29 is 9.53 Å². The van der Waals surface area contributed by atoms with Crippen LogP contribution in [-0.4, -0.2) is 34.7 Å². The van der Waals surface area contributed by atoms with Gasteiger partial charge in [0, 0.05) is 30.2 Å². The van der Waals surface area contributed by atoms with Crippen LogP contribution < -0.4 is 0 Å². The lowest BCUT2D eigenvalue weighted by atomic mass is 9.97. The van der Waals surface area contributed by atoms with Gasteiger partial charge in [0.1, 0.15) is 5.60 Å². The second kappa shape index (κ2) is 7.73. The quantitative estimate of drug-likeness (QED) is 0.780. The largest absolute Gasteiger partial charge is 0.444 e. The summed E-state index contributed by atoms with van der Waals surface area (Å²) in [6.45, 7) is 11.5. The van der Waals surface area contributed by atoms with Crippen LogP contribution in [0, 0.1) is 0 Å². The van der Waals surface area contributed by atoms with Crippen molar-refractivity contribution in [2.75, 3.05) is 13.1 Å². The molecule has 1 aromatic carbocycles. The van der Waals surface area contributed by atoms with E-state index in [9.17, 15) is 4.79 Å². The molecule has 0 aliphatic carbocycles. The Morgan fingerprint density at radius 3 is 2.62 bits per heavy atom. The van der Waals surface area contributed by atoms with Gasteiger partial charge in [-0.1, -0.05) is 32.0 Å². The third kappa shape index (κ3) is 4.76. The Kier molecular flexibility index (Phi) is 5.92. The summed E-state index contributed by atoms with van der Waals surface area (Å²) >= 11 is 0. The highest BCUT2D eigenvalue weighted by Gasteiger charge is 2.22. The molecule has 0 saturated carbocycles. The van der Waals surface area contributed by atoms with E-state index >= 15 is 0 Å². The monoisotopic (exact) mass is 330 g/mol. The van der Waals surface area contributed by atoms with Gasteiger partial charge < -0.3 is 14.6 Å². The van der Waals surface area contributed by atoms with Gasteiger partial charge in [-0.25, -0.2) is 4.79 Å². The number of fused-ring (bicyclic) bond motifs is 1. The Bertz CT molecular complexity index is 670. The second-order valence-electron chi connectivity index (χ2n) is 7.45. The highest BCUT2D eigenvalue weighted by atomic mass is 16.6. The molecule has 2 rings (SSSR count). The molecule has 1 N–H and O–H groups in total. The van der Waals surface area contributed by atoms with Gasteiger partial charge in [-0.05, 0) is 51.2 Å². The Labute approximate surface area is 145 Å². The van der Waals surface area contributed by atoms with Gasteiger partial charge in [-0.2, -0.15) is 0 Å². The van der Waals surface area contributed by atoms with Crippen LogP contribution >= 0.6 is 0 Å². The van der Waals surface area contributed by atoms with Crippen molar-refractivity contribution in [2.45, 2.75) is 59.0 Å². The first-order valence-electron chi connectivity index (χ1n) is 8.85. The average molecular weight is 330 g/mol. The van der Waals surface area contributed by atoms with Crippen LogP contribution in [0.4, 0.5) is 4.79 Å². The van der Waals surface area contributed by atoms with Gasteiger partial charge in [0.05, 0.1) is 0 Å². The van der Waals surface area contributed by atoms with Crippen molar-refractivity contribution in [2.24, 2.45) is 0 Å². The number of benzene rings is 1. The van der Waals surface area contributed by atoms with Gasteiger partial charge in [-0.15, -0.1) is 0 Å². The van der Waals surface area contributed by atoms with Gasteiger partial charge in [-0.3, -0.25) is 0 Å². The average Bonchev–Trinajstić information content (AvgIpc) is 2.93. The molecular formula is C20H30N2O2. The first-order valence-corrected chi connectivity index (χ1v) is 8.85. The fraction of sp³-hybridized carbons (Fsp3) is 0.550. The number of amides is 1. The van der Waals surface area contributed by atoms with Gasteiger partial charge in [0.15, 0.2) is 0 Å². The van der Waals surface area contributed by atoms with Crippen molar-refractivity contribution in [3.63, 3.8) is 0 Å². The molecule has 1 amide bonds. The van der Waals surface area contributed by atoms with E-state index in [-0.39, 0.29) is 6.09 Å². The highest BCUT2D eigenvalue weighted by Crippen LogP contribution is 2.27. The molecule has 4 nitrogen and oxygen atoms in total. The molecule has 24 heavy (non-hydrogen) atoms. The molecule has 4 heteroatoms. The van der Waals surface area contributed by atoms with E-state index in [4.69, 9.17) is 4.74 Å². The maximum atomic E-state index is 12.4. The summed E-state index contributed by atoms with van der Waals surface area (Å²) in [6.07, 6.45) is 3.73. The number of nitrogens with zero attached hydrogens (tertiary/aromatic N) is 1. The number of carbonyl (C=O) groups excluding carboxylic acids is 1. The lowest BCUT2D eigenvalue weighted by Crippen LogP contribution is -2.38. The number of aromatic nitrogens is 1. The second-order valence-corrected chi connectivity index (χ2v) is 7.45. The van der Waals surface area contributed by atoms with E-state index in [0.29, 0.717) is 12.5 Å². The van der Waals surface area contributed by atoms with Crippen molar-refractivity contribution in [1.29, 1.82) is 0 Å². The molecule has 0 aliphatic heterocycles. The summed E-state index contributed by atoms with van der Waals surface area (Å²) in [5.74, 6) is 0.378. The third-order valence-corrected chi connectivity index (χ3v) is 4.13. The number of nitrogens with one attached hydrogen (secondary N) is 1. The molecule has 0 saturated heterocycles. The molecule has 2 aromatic rings. The Morgan fingerprint density at radius 2 is 1.96 bits per heavy atom. The van der Waals surface area contributed by atoms with E-state index in [1.165, 1.54) is 10.9 Å². The van der Waals surface area contributed by atoms with Crippen molar-refractivity contribution in [1.82, 2.24) is 9.88 Å². The summed E-state index contributed by atoms with van der Waals surface area (Å²) in [5, 5.41) is 1.27. The molecule has 1 unspecified atom stereocenters. The maximum absolute atomic E-state index is 12.4. The number of para-hydroxylation sites is 1. The normalized spacial score (nSPS) is 13.0. The standard InChI is InChI=1S/C20H30N2O2/c1-6-12-22(19(23)24-20(3,4)5)13-11-15(2)17-14-21-18-10-8-7-9-16(17)18/h7-10,14-15,21H,6,11-13H2,1-5H3. The first kappa shape index (κ1) is 18.4. The SMILES string of the molecule is CCCN(CCC(C)c1c[nH]c2ccccc12)C(=O)OC(C)(C)C. The third-order valence-electron chi connectivity index (χ3n) is 4.13. The minimum atomic E-state index is -0.453. The van der Waals surface area contributed by atoms with E-state index < -0.39 is 5.60 Å². The van der Waals surface area contributed by atoms with Crippen LogP contribution in [-0.2, 0) is 4.74 Å². The number of hydrogen-bond donors (Lipinski definition) is 1. The van der Waals surface area contributed by atoms with Crippen LogP contribution in [0.15, 0.2) is 30.5 Å². The Balaban J connectivity index is 2.02. The Hall–Kier alpha value is -1.97. The summed E-state index contributed by atoms with van der Waals surface area (Å²) in [4.78, 5) is 17.5.